The second-order valence-electron chi connectivity index (χ2n) is 8.56. The van der Waals surface area contributed by atoms with Gasteiger partial charge in [0.15, 0.2) is 0 Å². The molecular weight excluding hydrogens is 410 g/mol. The summed E-state index contributed by atoms with van der Waals surface area (Å²) in [5.41, 5.74) is 7.99. The Hall–Kier alpha value is -3.77. The van der Waals surface area contributed by atoms with Crippen molar-refractivity contribution >= 4 is 5.71 Å². The van der Waals surface area contributed by atoms with Gasteiger partial charge in [0.2, 0.25) is 0 Å². The highest BCUT2D eigenvalue weighted by Crippen LogP contribution is 2.31. The van der Waals surface area contributed by atoms with E-state index in [4.69, 9.17) is 15.2 Å². The molecule has 1 N–H and O–H groups in total. The van der Waals surface area contributed by atoms with E-state index in [2.05, 4.69) is 46.3 Å². The number of nitrogens with zero attached hydrogens (tertiary/aromatic N) is 4. The Kier molecular flexibility index (Phi) is 5.75. The molecule has 4 aromatic rings. The van der Waals surface area contributed by atoms with Crippen molar-refractivity contribution in [3.05, 3.63) is 84.2 Å². The van der Waals surface area contributed by atoms with E-state index in [1.54, 1.807) is 12.4 Å². The topological polar surface area (TPSA) is 67.0 Å². The van der Waals surface area contributed by atoms with Gasteiger partial charge >= 0.3 is 0 Å². The van der Waals surface area contributed by atoms with Crippen molar-refractivity contribution < 1.29 is 4.74 Å². The zero-order chi connectivity index (χ0) is 22.8. The summed E-state index contributed by atoms with van der Waals surface area (Å²) in [6.07, 6.45) is 5.29. The van der Waals surface area contributed by atoms with Crippen molar-refractivity contribution in [2.24, 2.45) is 0 Å². The molecule has 1 aliphatic rings. The largest absolute Gasteiger partial charge is 0.492 e. The van der Waals surface area contributed by atoms with Crippen molar-refractivity contribution in [1.29, 1.82) is 5.41 Å². The Morgan fingerprint density at radius 3 is 2.48 bits per heavy atom. The lowest BCUT2D eigenvalue weighted by Crippen LogP contribution is -2.19. The van der Waals surface area contributed by atoms with E-state index in [0.717, 1.165) is 64.6 Å². The van der Waals surface area contributed by atoms with Gasteiger partial charge in [-0.2, -0.15) is 5.10 Å². The molecule has 0 amide bonds. The third-order valence-corrected chi connectivity index (χ3v) is 5.95. The summed E-state index contributed by atoms with van der Waals surface area (Å²) in [5.74, 6) is 0.858. The Bertz CT molecular complexity index is 1280. The van der Waals surface area contributed by atoms with Gasteiger partial charge in [-0.05, 0) is 92.7 Å². The average molecular weight is 438 g/mol. The Labute approximate surface area is 194 Å². The van der Waals surface area contributed by atoms with Gasteiger partial charge in [-0.25, -0.2) is 4.68 Å². The van der Waals surface area contributed by atoms with Crippen LogP contribution < -0.4 is 4.74 Å². The molecule has 6 nitrogen and oxygen atoms in total. The third kappa shape index (κ3) is 4.43. The Morgan fingerprint density at radius 1 is 0.939 bits per heavy atom. The summed E-state index contributed by atoms with van der Waals surface area (Å²) in [4.78, 5) is 6.24. The van der Waals surface area contributed by atoms with E-state index < -0.39 is 0 Å². The number of aryl methyl sites for hydroxylation is 1. The molecule has 2 aromatic heterocycles. The SMILES string of the molecule is CN(C)CCOc1ccc(-c2cc(-c3ccncc3)nn2-c2ccc3c(c2)CCC3=N)cc1. The number of rotatable bonds is 7. The highest BCUT2D eigenvalue weighted by Gasteiger charge is 2.19. The average Bonchev–Trinajstić information content (AvgIpc) is 3.44. The second-order valence-corrected chi connectivity index (χ2v) is 8.56. The van der Waals surface area contributed by atoms with Crippen molar-refractivity contribution in [2.75, 3.05) is 27.2 Å². The Balaban J connectivity index is 1.52. The van der Waals surface area contributed by atoms with Crippen LogP contribution in [0.2, 0.25) is 0 Å². The van der Waals surface area contributed by atoms with Crippen LogP contribution in [0.3, 0.4) is 0 Å². The standard InChI is InChI=1S/C27H27N5O/c1-31(2)15-16-33-23-7-3-20(4-8-23)27-18-26(19-11-13-29-14-12-19)30-32(27)22-6-9-24-21(17-22)5-10-25(24)28/h3-4,6-9,11-14,17-18,28H,5,10,15-16H2,1-2H3. The molecule has 0 aliphatic heterocycles. The fraction of sp³-hybridized carbons (Fsp3) is 0.222. The fourth-order valence-electron chi connectivity index (χ4n) is 4.12. The minimum absolute atomic E-state index is 0.653. The van der Waals surface area contributed by atoms with E-state index in [1.165, 1.54) is 5.56 Å². The molecule has 0 bridgehead atoms. The van der Waals surface area contributed by atoms with Crippen molar-refractivity contribution in [2.45, 2.75) is 12.8 Å². The molecule has 33 heavy (non-hydrogen) atoms. The van der Waals surface area contributed by atoms with Crippen LogP contribution in [0.1, 0.15) is 17.5 Å². The minimum atomic E-state index is 0.653. The van der Waals surface area contributed by atoms with E-state index in [9.17, 15) is 0 Å². The number of likely N-dealkylation sites (N-methyl/N-ethyl adjacent to an activating group) is 1. The Morgan fingerprint density at radius 2 is 1.73 bits per heavy atom. The van der Waals surface area contributed by atoms with Crippen LogP contribution in [0.15, 0.2) is 73.1 Å². The summed E-state index contributed by atoms with van der Waals surface area (Å²) in [6.45, 7) is 1.53. The van der Waals surface area contributed by atoms with Crippen molar-refractivity contribution in [3.8, 4) is 34.0 Å². The summed E-state index contributed by atoms with van der Waals surface area (Å²) in [5, 5.41) is 13.1. The number of fused-ring (bicyclic) bond motifs is 1. The summed E-state index contributed by atoms with van der Waals surface area (Å²) in [7, 11) is 4.08. The van der Waals surface area contributed by atoms with Crippen LogP contribution in [-0.2, 0) is 6.42 Å². The number of hydrogen-bond acceptors (Lipinski definition) is 5. The maximum atomic E-state index is 8.15. The van der Waals surface area contributed by atoms with Gasteiger partial charge in [0, 0.05) is 35.8 Å². The molecule has 2 aromatic carbocycles. The first kappa shape index (κ1) is 21.1. The zero-order valence-corrected chi connectivity index (χ0v) is 19.0. The molecule has 0 spiro atoms. The van der Waals surface area contributed by atoms with Gasteiger partial charge in [-0.1, -0.05) is 6.07 Å². The quantitative estimate of drug-likeness (QED) is 0.449. The van der Waals surface area contributed by atoms with Gasteiger partial charge < -0.3 is 15.0 Å². The molecule has 1 aliphatic carbocycles. The fourth-order valence-corrected chi connectivity index (χ4v) is 4.12. The predicted molar refractivity (Wildman–Crippen MR) is 131 cm³/mol. The maximum absolute atomic E-state index is 8.15. The lowest BCUT2D eigenvalue weighted by Gasteiger charge is -2.12. The molecule has 0 fully saturated rings. The first-order valence-electron chi connectivity index (χ1n) is 11.2. The van der Waals surface area contributed by atoms with Gasteiger partial charge in [-0.15, -0.1) is 0 Å². The molecule has 166 valence electrons. The van der Waals surface area contributed by atoms with Gasteiger partial charge in [-0.3, -0.25) is 4.98 Å². The third-order valence-electron chi connectivity index (χ3n) is 5.95. The molecule has 0 radical (unpaired) electrons. The van der Waals surface area contributed by atoms with Crippen molar-refractivity contribution in [3.63, 3.8) is 0 Å². The van der Waals surface area contributed by atoms with E-state index >= 15 is 0 Å². The van der Waals surface area contributed by atoms with Gasteiger partial charge in [0.05, 0.1) is 17.1 Å². The molecule has 2 heterocycles. The summed E-state index contributed by atoms with van der Waals surface area (Å²) >= 11 is 0. The van der Waals surface area contributed by atoms with E-state index in [-0.39, 0.29) is 0 Å². The first-order valence-corrected chi connectivity index (χ1v) is 11.2. The summed E-state index contributed by atoms with van der Waals surface area (Å²) in [6, 6.07) is 20.5. The number of pyridine rings is 1. The van der Waals surface area contributed by atoms with Gasteiger partial charge in [0.1, 0.15) is 12.4 Å². The number of aromatic nitrogens is 3. The van der Waals surface area contributed by atoms with Crippen LogP contribution in [0.25, 0.3) is 28.2 Å². The molecule has 5 rings (SSSR count). The van der Waals surface area contributed by atoms with E-state index in [1.807, 2.05) is 43.0 Å². The lowest BCUT2D eigenvalue weighted by atomic mass is 10.1. The number of nitrogens with one attached hydrogen (secondary N) is 1. The van der Waals surface area contributed by atoms with Crippen LogP contribution >= 0.6 is 0 Å². The minimum Gasteiger partial charge on any atom is -0.492 e. The number of ether oxygens (including phenoxy) is 1. The maximum Gasteiger partial charge on any atom is 0.119 e. The first-order chi connectivity index (χ1) is 16.1. The smallest absolute Gasteiger partial charge is 0.119 e. The number of hydrogen-bond donors (Lipinski definition) is 1. The van der Waals surface area contributed by atoms with E-state index in [0.29, 0.717) is 6.61 Å². The summed E-state index contributed by atoms with van der Waals surface area (Å²) < 4.78 is 7.87. The van der Waals surface area contributed by atoms with Crippen LogP contribution in [-0.4, -0.2) is 52.6 Å². The lowest BCUT2D eigenvalue weighted by molar-refractivity contribution is 0.261. The monoisotopic (exact) mass is 437 g/mol. The molecule has 0 saturated carbocycles. The highest BCUT2D eigenvalue weighted by molar-refractivity contribution is 6.02. The predicted octanol–water partition coefficient (Wildman–Crippen LogP) is 4.86. The van der Waals surface area contributed by atoms with Crippen LogP contribution in [0.4, 0.5) is 0 Å². The molecule has 0 saturated heterocycles. The molecule has 0 atom stereocenters. The highest BCUT2D eigenvalue weighted by atomic mass is 16.5. The normalized spacial score (nSPS) is 12.9. The van der Waals surface area contributed by atoms with Crippen LogP contribution in [0, 0.1) is 5.41 Å². The van der Waals surface area contributed by atoms with Crippen molar-refractivity contribution in [1.82, 2.24) is 19.7 Å². The van der Waals surface area contributed by atoms with Gasteiger partial charge in [0.25, 0.3) is 0 Å². The second kappa shape index (κ2) is 9.00. The zero-order valence-electron chi connectivity index (χ0n) is 19.0. The molecule has 6 heteroatoms. The number of benzene rings is 2. The molecular formula is C27H27N5O. The van der Waals surface area contributed by atoms with Crippen LogP contribution in [0.5, 0.6) is 5.75 Å². The molecule has 0 unspecified atom stereocenters.